The average Bonchev–Trinajstić information content (AvgIpc) is 1.35. The Morgan fingerprint density at radius 2 is 1.50 bits per heavy atom. The number of halogens is 3. The number of hydrogen-bond donors (Lipinski definition) is 0. The molecule has 0 aliphatic carbocycles. The molecule has 6 heavy (non-hydrogen) atoms. The summed E-state index contributed by atoms with van der Waals surface area (Å²) in [5.41, 5.74) is 0. The first kappa shape index (κ1) is 7.98. The van der Waals surface area contributed by atoms with E-state index in [4.69, 9.17) is 0 Å². The van der Waals surface area contributed by atoms with Crippen LogP contribution in [0.2, 0.25) is 5.25 Å². The zero-order chi connectivity index (χ0) is 5.21. The summed E-state index contributed by atoms with van der Waals surface area (Å²) in [6.45, 7) is 2.15. The van der Waals surface area contributed by atoms with Gasteiger partial charge in [0.15, 0.2) is 0 Å². The third kappa shape index (κ3) is 5.98. The van der Waals surface area contributed by atoms with Crippen molar-refractivity contribution in [1.29, 1.82) is 0 Å². The summed E-state index contributed by atoms with van der Waals surface area (Å²) in [5.74, 6) is 0. The maximum absolute atomic E-state index is 3.50. The summed E-state index contributed by atoms with van der Waals surface area (Å²) in [5, 5.41) is 1.21. The first-order valence-corrected chi connectivity index (χ1v) is 17.9. The number of hydrogen-bond acceptors (Lipinski definition) is 0. The van der Waals surface area contributed by atoms with Crippen LogP contribution < -0.4 is 0 Å². The monoisotopic (exact) mass is 340 g/mol. The van der Waals surface area contributed by atoms with E-state index in [1.807, 2.05) is 0 Å². The second kappa shape index (κ2) is 3.10. The van der Waals surface area contributed by atoms with Crippen molar-refractivity contribution < 1.29 is 0 Å². The van der Waals surface area contributed by atoms with E-state index in [1.165, 1.54) is 5.25 Å². The van der Waals surface area contributed by atoms with Crippen molar-refractivity contribution in [3.05, 3.63) is 0 Å². The average molecular weight is 341 g/mol. The summed E-state index contributed by atoms with van der Waals surface area (Å²) >= 11 is 10.5. The van der Waals surface area contributed by atoms with Gasteiger partial charge in [0.2, 0.25) is 0 Å². The predicted octanol–water partition coefficient (Wildman–Crippen LogP) is 3.13. The first-order chi connectivity index (χ1) is 2.56. The molecule has 0 bridgehead atoms. The molecular formula is C2H5Br3Ge. The molecule has 38 valence electrons. The molecule has 0 radical (unpaired) electrons. The Labute approximate surface area is 61.3 Å². The number of rotatable bonds is 1. The molecule has 0 aromatic rings. The molecule has 0 heterocycles. The van der Waals surface area contributed by atoms with Crippen LogP contribution in [0, 0.1) is 0 Å². The van der Waals surface area contributed by atoms with Crippen LogP contribution in [-0.4, -0.2) is 7.74 Å². The summed E-state index contributed by atoms with van der Waals surface area (Å²) in [7, 11) is -1.60. The van der Waals surface area contributed by atoms with E-state index in [0.29, 0.717) is 0 Å². The van der Waals surface area contributed by atoms with Gasteiger partial charge in [-0.25, -0.2) is 0 Å². The van der Waals surface area contributed by atoms with E-state index in [1.54, 1.807) is 0 Å². The molecule has 0 saturated heterocycles. The topological polar surface area (TPSA) is 0 Å². The molecule has 0 spiro atoms. The second-order valence-corrected chi connectivity index (χ2v) is 42.7. The Bertz CT molecular complexity index is 38.5. The van der Waals surface area contributed by atoms with Crippen LogP contribution in [0.1, 0.15) is 6.92 Å². The van der Waals surface area contributed by atoms with Crippen molar-refractivity contribution in [1.82, 2.24) is 0 Å². The van der Waals surface area contributed by atoms with Gasteiger partial charge >= 0.3 is 61.9 Å². The fourth-order valence-electron chi connectivity index (χ4n) is 0. The van der Waals surface area contributed by atoms with Gasteiger partial charge in [-0.3, -0.25) is 0 Å². The molecule has 4 heteroatoms. The quantitative estimate of drug-likeness (QED) is 0.643. The van der Waals surface area contributed by atoms with Crippen LogP contribution in [-0.2, 0) is 0 Å². The van der Waals surface area contributed by atoms with Crippen LogP contribution in [0.4, 0.5) is 0 Å². The third-order valence-corrected chi connectivity index (χ3v) is 10.8. The standard InChI is InChI=1S/C2H5Br3Ge/c1-2-6(3,4)5/h2H2,1H3. The molecule has 0 nitrogen and oxygen atoms in total. The van der Waals surface area contributed by atoms with E-state index in [2.05, 4.69) is 48.9 Å². The van der Waals surface area contributed by atoms with E-state index >= 15 is 0 Å². The SMILES string of the molecule is C[CH2][Ge]([Br])([Br])[Br]. The van der Waals surface area contributed by atoms with Crippen LogP contribution >= 0.6 is 42.0 Å². The summed E-state index contributed by atoms with van der Waals surface area (Å²) < 4.78 is 0. The minimum atomic E-state index is -1.60. The first-order valence-electron chi connectivity index (χ1n) is 1.63. The van der Waals surface area contributed by atoms with E-state index in [9.17, 15) is 0 Å². The van der Waals surface area contributed by atoms with Gasteiger partial charge < -0.3 is 0 Å². The summed E-state index contributed by atoms with van der Waals surface area (Å²) in [4.78, 5) is 0. The van der Waals surface area contributed by atoms with Crippen molar-refractivity contribution in [2.24, 2.45) is 0 Å². The van der Waals surface area contributed by atoms with Gasteiger partial charge in [-0.1, -0.05) is 0 Å². The molecule has 0 rings (SSSR count). The van der Waals surface area contributed by atoms with Crippen LogP contribution in [0.25, 0.3) is 0 Å². The van der Waals surface area contributed by atoms with Gasteiger partial charge in [-0.2, -0.15) is 0 Å². The Balaban J connectivity index is 3.17. The van der Waals surface area contributed by atoms with Gasteiger partial charge in [-0.05, 0) is 0 Å². The Morgan fingerprint density at radius 1 is 1.33 bits per heavy atom. The fourth-order valence-corrected chi connectivity index (χ4v) is 0. The summed E-state index contributed by atoms with van der Waals surface area (Å²) in [6, 6.07) is 0. The van der Waals surface area contributed by atoms with Gasteiger partial charge in [0, 0.05) is 0 Å². The summed E-state index contributed by atoms with van der Waals surface area (Å²) in [6.07, 6.45) is 0. The molecule has 0 aromatic heterocycles. The Morgan fingerprint density at radius 3 is 1.50 bits per heavy atom. The van der Waals surface area contributed by atoms with Gasteiger partial charge in [-0.15, -0.1) is 0 Å². The van der Waals surface area contributed by atoms with E-state index in [-0.39, 0.29) is 0 Å². The van der Waals surface area contributed by atoms with Gasteiger partial charge in [0.1, 0.15) is 0 Å². The molecule has 0 aliphatic heterocycles. The molecule has 0 atom stereocenters. The van der Waals surface area contributed by atoms with Crippen molar-refractivity contribution in [3.63, 3.8) is 0 Å². The molecule has 0 unspecified atom stereocenters. The van der Waals surface area contributed by atoms with Crippen molar-refractivity contribution in [2.75, 3.05) is 0 Å². The van der Waals surface area contributed by atoms with Crippen molar-refractivity contribution in [2.45, 2.75) is 12.2 Å². The Hall–Kier alpha value is 1.98. The van der Waals surface area contributed by atoms with Crippen LogP contribution in [0.3, 0.4) is 0 Å². The fraction of sp³-hybridized carbons (Fsp3) is 1.00. The molecule has 0 amide bonds. The molecule has 0 saturated carbocycles. The van der Waals surface area contributed by atoms with Gasteiger partial charge in [0.25, 0.3) is 0 Å². The molecule has 0 fully saturated rings. The third-order valence-electron chi connectivity index (χ3n) is 0.401. The van der Waals surface area contributed by atoms with Gasteiger partial charge in [0.05, 0.1) is 0 Å². The minimum absolute atomic E-state index is 1.21. The second-order valence-electron chi connectivity index (χ2n) is 0.969. The molecular weight excluding hydrogens is 336 g/mol. The van der Waals surface area contributed by atoms with E-state index < -0.39 is 7.74 Å². The van der Waals surface area contributed by atoms with Crippen molar-refractivity contribution in [3.8, 4) is 0 Å². The molecule has 0 aliphatic rings. The van der Waals surface area contributed by atoms with Crippen molar-refractivity contribution >= 4 is 49.8 Å². The van der Waals surface area contributed by atoms with Crippen LogP contribution in [0.5, 0.6) is 0 Å². The maximum atomic E-state index is 3.50. The van der Waals surface area contributed by atoms with E-state index in [0.717, 1.165) is 0 Å². The normalized spacial score (nSPS) is 12.0. The molecule has 0 N–H and O–H groups in total. The Kier molecular flexibility index (Phi) is 4.12. The predicted molar refractivity (Wildman–Crippen MR) is 43.0 cm³/mol. The molecule has 0 aromatic carbocycles. The zero-order valence-electron chi connectivity index (χ0n) is 3.34. The zero-order valence-corrected chi connectivity index (χ0v) is 10.2. The van der Waals surface area contributed by atoms with Crippen LogP contribution in [0.15, 0.2) is 0 Å².